The van der Waals surface area contributed by atoms with Gasteiger partial charge in [0.15, 0.2) is 0 Å². The SMILES string of the molecule is O=C(c1ccc(F)cc1Cl)N1CCOC[C@@H]1[C@@H]1CCC[C@H]1O. The van der Waals surface area contributed by atoms with Gasteiger partial charge in [-0.1, -0.05) is 18.0 Å². The molecule has 3 rings (SSSR count). The molecule has 1 amide bonds. The molecule has 0 unspecified atom stereocenters. The third-order valence-corrected chi connectivity index (χ3v) is 4.93. The molecule has 1 aliphatic carbocycles. The van der Waals surface area contributed by atoms with Crippen molar-refractivity contribution in [1.29, 1.82) is 0 Å². The van der Waals surface area contributed by atoms with Crippen molar-refractivity contribution in [2.45, 2.75) is 31.4 Å². The standard InChI is InChI=1S/C16H19ClFNO3/c17-13-8-10(18)4-5-11(13)16(21)19-6-7-22-9-14(19)12-2-1-3-15(12)20/h4-5,8,12,14-15,20H,1-3,6-7,9H2/t12-,14+,15+/m0/s1. The first-order valence-corrected chi connectivity index (χ1v) is 7.97. The molecule has 0 bridgehead atoms. The first-order chi connectivity index (χ1) is 10.6. The maximum Gasteiger partial charge on any atom is 0.255 e. The van der Waals surface area contributed by atoms with Gasteiger partial charge in [-0.2, -0.15) is 0 Å². The molecule has 1 N–H and O–H groups in total. The van der Waals surface area contributed by atoms with E-state index in [1.807, 2.05) is 0 Å². The highest BCUT2D eigenvalue weighted by Gasteiger charge is 2.39. The molecule has 0 aromatic heterocycles. The monoisotopic (exact) mass is 327 g/mol. The Hall–Kier alpha value is -1.17. The molecule has 6 heteroatoms. The number of aliphatic hydroxyl groups excluding tert-OH is 1. The van der Waals surface area contributed by atoms with Crippen LogP contribution in [0.2, 0.25) is 5.02 Å². The summed E-state index contributed by atoms with van der Waals surface area (Å²) in [5.41, 5.74) is 0.294. The number of amides is 1. The number of hydrogen-bond donors (Lipinski definition) is 1. The first-order valence-electron chi connectivity index (χ1n) is 7.60. The van der Waals surface area contributed by atoms with E-state index in [9.17, 15) is 14.3 Å². The summed E-state index contributed by atoms with van der Waals surface area (Å²) in [6, 6.07) is 3.64. The molecule has 0 spiro atoms. The average Bonchev–Trinajstić information content (AvgIpc) is 2.93. The molecule has 1 heterocycles. The third kappa shape index (κ3) is 2.98. The zero-order valence-electron chi connectivity index (χ0n) is 12.2. The van der Waals surface area contributed by atoms with Gasteiger partial charge in [0.05, 0.1) is 35.9 Å². The number of rotatable bonds is 2. The molecule has 1 aromatic carbocycles. The lowest BCUT2D eigenvalue weighted by Gasteiger charge is -2.40. The van der Waals surface area contributed by atoms with Gasteiger partial charge in [-0.15, -0.1) is 0 Å². The fraction of sp³-hybridized carbons (Fsp3) is 0.562. The van der Waals surface area contributed by atoms with E-state index in [1.165, 1.54) is 12.1 Å². The maximum absolute atomic E-state index is 13.2. The van der Waals surface area contributed by atoms with Crippen LogP contribution in [-0.2, 0) is 4.74 Å². The molecule has 1 aromatic rings. The quantitative estimate of drug-likeness (QED) is 0.908. The van der Waals surface area contributed by atoms with Crippen molar-refractivity contribution in [1.82, 2.24) is 4.90 Å². The molecule has 1 aliphatic heterocycles. The molecule has 22 heavy (non-hydrogen) atoms. The zero-order chi connectivity index (χ0) is 15.7. The minimum Gasteiger partial charge on any atom is -0.393 e. The largest absolute Gasteiger partial charge is 0.393 e. The van der Waals surface area contributed by atoms with Crippen LogP contribution in [0.4, 0.5) is 4.39 Å². The number of nitrogens with zero attached hydrogens (tertiary/aromatic N) is 1. The first kappa shape index (κ1) is 15.7. The number of benzene rings is 1. The molecular weight excluding hydrogens is 309 g/mol. The summed E-state index contributed by atoms with van der Waals surface area (Å²) in [5, 5.41) is 10.2. The molecule has 120 valence electrons. The van der Waals surface area contributed by atoms with Gasteiger partial charge >= 0.3 is 0 Å². The number of hydrogen-bond acceptors (Lipinski definition) is 3. The number of ether oxygens (including phenoxy) is 1. The minimum absolute atomic E-state index is 0.0310. The Balaban J connectivity index is 1.85. The van der Waals surface area contributed by atoms with Crippen LogP contribution in [-0.4, -0.2) is 47.8 Å². The molecule has 2 fully saturated rings. The summed E-state index contributed by atoms with van der Waals surface area (Å²) in [6.45, 7) is 1.34. The van der Waals surface area contributed by atoms with Gasteiger partial charge < -0.3 is 14.7 Å². The molecular formula is C16H19ClFNO3. The predicted octanol–water partition coefficient (Wildman–Crippen LogP) is 2.48. The van der Waals surface area contributed by atoms with Gasteiger partial charge in [-0.25, -0.2) is 4.39 Å². The summed E-state index contributed by atoms with van der Waals surface area (Å²) >= 11 is 6.01. The van der Waals surface area contributed by atoms with E-state index in [0.29, 0.717) is 25.3 Å². The van der Waals surface area contributed by atoms with Crippen molar-refractivity contribution in [2.75, 3.05) is 19.8 Å². The van der Waals surface area contributed by atoms with Crippen LogP contribution < -0.4 is 0 Å². The van der Waals surface area contributed by atoms with E-state index < -0.39 is 11.9 Å². The normalized spacial score (nSPS) is 28.9. The van der Waals surface area contributed by atoms with Gasteiger partial charge in [0.25, 0.3) is 5.91 Å². The van der Waals surface area contributed by atoms with E-state index in [4.69, 9.17) is 16.3 Å². The van der Waals surface area contributed by atoms with Gasteiger partial charge in [0.1, 0.15) is 5.82 Å². The van der Waals surface area contributed by atoms with Crippen molar-refractivity contribution < 1.29 is 19.0 Å². The van der Waals surface area contributed by atoms with Crippen molar-refractivity contribution in [3.05, 3.63) is 34.6 Å². The van der Waals surface area contributed by atoms with Crippen molar-refractivity contribution in [3.8, 4) is 0 Å². The van der Waals surface area contributed by atoms with Crippen LogP contribution in [0, 0.1) is 11.7 Å². The highest BCUT2D eigenvalue weighted by molar-refractivity contribution is 6.33. The Kier molecular flexibility index (Phi) is 4.66. The number of halogens is 2. The Labute approximate surface area is 133 Å². The summed E-state index contributed by atoms with van der Waals surface area (Å²) < 4.78 is 18.7. The molecule has 4 nitrogen and oxygen atoms in total. The molecule has 0 radical (unpaired) electrons. The van der Waals surface area contributed by atoms with Crippen LogP contribution in [0.5, 0.6) is 0 Å². The van der Waals surface area contributed by atoms with Crippen LogP contribution in [0.15, 0.2) is 18.2 Å². The summed E-state index contributed by atoms with van der Waals surface area (Å²) in [4.78, 5) is 14.5. The van der Waals surface area contributed by atoms with Crippen molar-refractivity contribution >= 4 is 17.5 Å². The Bertz CT molecular complexity index is 568. The third-order valence-electron chi connectivity index (χ3n) is 4.61. The van der Waals surface area contributed by atoms with Gasteiger partial charge in [-0.3, -0.25) is 4.79 Å². The van der Waals surface area contributed by atoms with E-state index in [2.05, 4.69) is 0 Å². The number of carbonyl (C=O) groups is 1. The Morgan fingerprint density at radius 2 is 2.23 bits per heavy atom. The van der Waals surface area contributed by atoms with Gasteiger partial charge in [0.2, 0.25) is 0 Å². The summed E-state index contributed by atoms with van der Waals surface area (Å²) in [5.74, 6) is -0.660. The lowest BCUT2D eigenvalue weighted by molar-refractivity contribution is -0.0383. The van der Waals surface area contributed by atoms with E-state index in [-0.39, 0.29) is 22.9 Å². The number of aliphatic hydroxyl groups is 1. The van der Waals surface area contributed by atoms with Crippen LogP contribution in [0.25, 0.3) is 0 Å². The molecule has 2 aliphatic rings. The van der Waals surface area contributed by atoms with E-state index in [1.54, 1.807) is 4.90 Å². The van der Waals surface area contributed by atoms with Crippen LogP contribution >= 0.6 is 11.6 Å². The highest BCUT2D eigenvalue weighted by Crippen LogP contribution is 2.33. The Morgan fingerprint density at radius 1 is 1.41 bits per heavy atom. The second kappa shape index (κ2) is 6.52. The molecule has 1 saturated heterocycles. The van der Waals surface area contributed by atoms with Crippen molar-refractivity contribution in [3.63, 3.8) is 0 Å². The fourth-order valence-electron chi connectivity index (χ4n) is 3.47. The smallest absolute Gasteiger partial charge is 0.255 e. The minimum atomic E-state index is -0.466. The van der Waals surface area contributed by atoms with Gasteiger partial charge in [-0.05, 0) is 31.0 Å². The van der Waals surface area contributed by atoms with Crippen LogP contribution in [0.3, 0.4) is 0 Å². The average molecular weight is 328 g/mol. The molecule has 3 atom stereocenters. The van der Waals surface area contributed by atoms with Crippen molar-refractivity contribution in [2.24, 2.45) is 5.92 Å². The number of carbonyl (C=O) groups excluding carboxylic acids is 1. The molecule has 1 saturated carbocycles. The summed E-state index contributed by atoms with van der Waals surface area (Å²) in [6.07, 6.45) is 2.21. The zero-order valence-corrected chi connectivity index (χ0v) is 12.9. The number of morpholine rings is 1. The Morgan fingerprint density at radius 3 is 2.91 bits per heavy atom. The summed E-state index contributed by atoms with van der Waals surface area (Å²) in [7, 11) is 0. The lowest BCUT2D eigenvalue weighted by Crippen LogP contribution is -2.53. The lowest BCUT2D eigenvalue weighted by atomic mass is 9.93. The van der Waals surface area contributed by atoms with Crippen LogP contribution in [0.1, 0.15) is 29.6 Å². The predicted molar refractivity (Wildman–Crippen MR) is 80.4 cm³/mol. The fourth-order valence-corrected chi connectivity index (χ4v) is 3.71. The topological polar surface area (TPSA) is 49.8 Å². The van der Waals surface area contributed by atoms with E-state index in [0.717, 1.165) is 25.3 Å². The maximum atomic E-state index is 13.2. The van der Waals surface area contributed by atoms with Gasteiger partial charge in [0, 0.05) is 12.5 Å². The van der Waals surface area contributed by atoms with E-state index >= 15 is 0 Å². The second-order valence-electron chi connectivity index (χ2n) is 5.93. The second-order valence-corrected chi connectivity index (χ2v) is 6.33. The highest BCUT2D eigenvalue weighted by atomic mass is 35.5.